The number of ether oxygens (including phenoxy) is 1. The number of aromatic hydroxyl groups is 1. The third-order valence-corrected chi connectivity index (χ3v) is 1.63. The van der Waals surface area contributed by atoms with Crippen molar-refractivity contribution in [3.05, 3.63) is 23.8 Å². The number of benzene rings is 1. The molecule has 0 unspecified atom stereocenters. The number of phenols is 1. The van der Waals surface area contributed by atoms with Gasteiger partial charge >= 0.3 is 5.97 Å². The minimum Gasteiger partial charge on any atom is -0.504 e. The number of carbonyl (C=O) groups excluding carboxylic acids is 2. The first kappa shape index (κ1) is 10.2. The molecule has 0 saturated carbocycles. The van der Waals surface area contributed by atoms with Crippen molar-refractivity contribution in [2.24, 2.45) is 0 Å². The highest BCUT2D eigenvalue weighted by atomic mass is 16.5. The number of hydrogen-bond acceptors (Lipinski definition) is 4. The van der Waals surface area contributed by atoms with E-state index < -0.39 is 5.97 Å². The van der Waals surface area contributed by atoms with E-state index >= 15 is 0 Å². The van der Waals surface area contributed by atoms with Gasteiger partial charge in [0.25, 0.3) is 0 Å². The topological polar surface area (TPSA) is 63.6 Å². The fourth-order valence-corrected chi connectivity index (χ4v) is 1.04. The maximum absolute atomic E-state index is 11.0. The van der Waals surface area contributed by atoms with Crippen molar-refractivity contribution < 1.29 is 19.4 Å². The van der Waals surface area contributed by atoms with Gasteiger partial charge in [-0.2, -0.15) is 0 Å². The molecule has 4 heteroatoms. The summed E-state index contributed by atoms with van der Waals surface area (Å²) in [6.07, 6.45) is 0. The fraction of sp³-hybridized carbons (Fsp3) is 0.200. The van der Waals surface area contributed by atoms with Crippen LogP contribution >= 0.6 is 0 Å². The van der Waals surface area contributed by atoms with Gasteiger partial charge in [0.1, 0.15) is 0 Å². The Labute approximate surface area is 81.1 Å². The van der Waals surface area contributed by atoms with Crippen molar-refractivity contribution in [2.45, 2.75) is 13.8 Å². The zero-order valence-electron chi connectivity index (χ0n) is 7.90. The monoisotopic (exact) mass is 194 g/mol. The second kappa shape index (κ2) is 3.91. The first-order chi connectivity index (χ1) is 6.52. The first-order valence-corrected chi connectivity index (χ1v) is 4.03. The van der Waals surface area contributed by atoms with Crippen molar-refractivity contribution >= 4 is 11.8 Å². The van der Waals surface area contributed by atoms with Crippen LogP contribution in [0.5, 0.6) is 11.5 Å². The van der Waals surface area contributed by atoms with Crippen LogP contribution in [0, 0.1) is 0 Å². The van der Waals surface area contributed by atoms with Gasteiger partial charge in [0, 0.05) is 6.92 Å². The van der Waals surface area contributed by atoms with Crippen molar-refractivity contribution in [3.63, 3.8) is 0 Å². The Bertz CT molecular complexity index is 382. The van der Waals surface area contributed by atoms with Crippen LogP contribution in [0.15, 0.2) is 18.2 Å². The van der Waals surface area contributed by atoms with E-state index in [1.165, 1.54) is 32.0 Å². The highest BCUT2D eigenvalue weighted by Crippen LogP contribution is 2.29. The molecule has 0 aliphatic carbocycles. The molecule has 0 bridgehead atoms. The third-order valence-electron chi connectivity index (χ3n) is 1.63. The molecule has 4 nitrogen and oxygen atoms in total. The lowest BCUT2D eigenvalue weighted by atomic mass is 10.1. The van der Waals surface area contributed by atoms with Crippen molar-refractivity contribution in [2.75, 3.05) is 0 Å². The Balaban J connectivity index is 3.13. The normalized spacial score (nSPS) is 9.57. The largest absolute Gasteiger partial charge is 0.504 e. The predicted octanol–water partition coefficient (Wildman–Crippen LogP) is 1.52. The summed E-state index contributed by atoms with van der Waals surface area (Å²) in [6, 6.07) is 4.42. The summed E-state index contributed by atoms with van der Waals surface area (Å²) in [5.41, 5.74) is 0.142. The van der Waals surface area contributed by atoms with E-state index in [0.717, 1.165) is 0 Å². The number of esters is 1. The lowest BCUT2D eigenvalue weighted by Crippen LogP contribution is -2.03. The molecule has 1 aromatic rings. The van der Waals surface area contributed by atoms with Crippen LogP contribution in [0.4, 0.5) is 0 Å². The molecule has 0 spiro atoms. The average molecular weight is 194 g/mol. The predicted molar refractivity (Wildman–Crippen MR) is 49.4 cm³/mol. The van der Waals surface area contributed by atoms with Gasteiger partial charge in [-0.1, -0.05) is 6.07 Å². The molecule has 0 fully saturated rings. The molecular formula is C10H10O4. The highest BCUT2D eigenvalue weighted by molar-refractivity contribution is 5.97. The summed E-state index contributed by atoms with van der Waals surface area (Å²) < 4.78 is 4.69. The van der Waals surface area contributed by atoms with Gasteiger partial charge < -0.3 is 9.84 Å². The molecule has 1 aromatic carbocycles. The maximum atomic E-state index is 11.0. The van der Waals surface area contributed by atoms with E-state index in [0.29, 0.717) is 0 Å². The van der Waals surface area contributed by atoms with Crippen LogP contribution < -0.4 is 4.74 Å². The number of para-hydroxylation sites is 1. The Morgan fingerprint density at radius 2 is 1.93 bits per heavy atom. The van der Waals surface area contributed by atoms with E-state index in [1.807, 2.05) is 0 Å². The van der Waals surface area contributed by atoms with E-state index in [4.69, 9.17) is 4.74 Å². The quantitative estimate of drug-likeness (QED) is 0.440. The number of ketones is 1. The van der Waals surface area contributed by atoms with Gasteiger partial charge in [-0.3, -0.25) is 9.59 Å². The highest BCUT2D eigenvalue weighted by Gasteiger charge is 2.12. The lowest BCUT2D eigenvalue weighted by molar-refractivity contribution is -0.132. The van der Waals surface area contributed by atoms with Gasteiger partial charge in [0.15, 0.2) is 17.3 Å². The fourth-order valence-electron chi connectivity index (χ4n) is 1.04. The molecule has 0 amide bonds. The van der Waals surface area contributed by atoms with Gasteiger partial charge in [-0.15, -0.1) is 0 Å². The molecule has 0 aliphatic rings. The van der Waals surface area contributed by atoms with Crippen molar-refractivity contribution in [1.29, 1.82) is 0 Å². The van der Waals surface area contributed by atoms with Gasteiger partial charge in [0.05, 0.1) is 5.56 Å². The van der Waals surface area contributed by atoms with Crippen molar-refractivity contribution in [3.8, 4) is 11.5 Å². The summed E-state index contributed by atoms with van der Waals surface area (Å²) in [4.78, 5) is 21.6. The Kier molecular flexibility index (Phi) is 2.86. The van der Waals surface area contributed by atoms with E-state index in [2.05, 4.69) is 0 Å². The standard InChI is InChI=1S/C10H10O4/c1-6(11)8-4-3-5-9(10(8)13)14-7(2)12/h3-5,13H,1-2H3. The minimum atomic E-state index is -0.541. The van der Waals surface area contributed by atoms with Crippen LogP contribution in [-0.2, 0) is 4.79 Å². The molecule has 1 rings (SSSR count). The maximum Gasteiger partial charge on any atom is 0.308 e. The van der Waals surface area contributed by atoms with E-state index in [1.54, 1.807) is 0 Å². The molecule has 0 radical (unpaired) electrons. The molecule has 0 aromatic heterocycles. The molecule has 1 N–H and O–H groups in total. The average Bonchev–Trinajstić information content (AvgIpc) is 2.07. The third kappa shape index (κ3) is 2.10. The molecule has 0 saturated heterocycles. The Hall–Kier alpha value is -1.84. The molecule has 0 aliphatic heterocycles. The molecule has 0 heterocycles. The van der Waals surface area contributed by atoms with E-state index in [9.17, 15) is 14.7 Å². The summed E-state index contributed by atoms with van der Waals surface area (Å²) in [5.74, 6) is -1.11. The number of phenolic OH excluding ortho intramolecular Hbond substituents is 1. The minimum absolute atomic E-state index is 0.00481. The summed E-state index contributed by atoms with van der Waals surface area (Å²) in [7, 11) is 0. The van der Waals surface area contributed by atoms with Crippen molar-refractivity contribution in [1.82, 2.24) is 0 Å². The van der Waals surface area contributed by atoms with E-state index in [-0.39, 0.29) is 22.8 Å². The summed E-state index contributed by atoms with van der Waals surface area (Å²) >= 11 is 0. The van der Waals surface area contributed by atoms with Crippen LogP contribution in [0.1, 0.15) is 24.2 Å². The van der Waals surface area contributed by atoms with Gasteiger partial charge in [-0.05, 0) is 19.1 Å². The lowest BCUT2D eigenvalue weighted by Gasteiger charge is -2.06. The second-order valence-electron chi connectivity index (χ2n) is 2.80. The zero-order chi connectivity index (χ0) is 10.7. The van der Waals surface area contributed by atoms with Crippen LogP contribution in [0.25, 0.3) is 0 Å². The summed E-state index contributed by atoms with van der Waals surface area (Å²) in [6.45, 7) is 2.55. The number of hydrogen-bond donors (Lipinski definition) is 1. The zero-order valence-corrected chi connectivity index (χ0v) is 7.90. The molecule has 14 heavy (non-hydrogen) atoms. The van der Waals surface area contributed by atoms with Gasteiger partial charge in [0.2, 0.25) is 0 Å². The number of Topliss-reactive ketones (excluding diaryl/α,β-unsaturated/α-hetero) is 1. The smallest absolute Gasteiger partial charge is 0.308 e. The van der Waals surface area contributed by atoms with Crippen LogP contribution in [0.3, 0.4) is 0 Å². The molecular weight excluding hydrogens is 184 g/mol. The van der Waals surface area contributed by atoms with Crippen LogP contribution in [0.2, 0.25) is 0 Å². The molecule has 74 valence electrons. The first-order valence-electron chi connectivity index (χ1n) is 4.03. The number of carbonyl (C=O) groups is 2. The van der Waals surface area contributed by atoms with Gasteiger partial charge in [-0.25, -0.2) is 0 Å². The Morgan fingerprint density at radius 1 is 1.29 bits per heavy atom. The molecule has 0 atom stereocenters. The second-order valence-corrected chi connectivity index (χ2v) is 2.80. The SMILES string of the molecule is CC(=O)Oc1cccc(C(C)=O)c1O. The Morgan fingerprint density at radius 3 is 2.43 bits per heavy atom. The number of rotatable bonds is 2. The van der Waals surface area contributed by atoms with Crippen LogP contribution in [-0.4, -0.2) is 16.9 Å². The summed E-state index contributed by atoms with van der Waals surface area (Å²) in [5, 5.41) is 9.51.